The summed E-state index contributed by atoms with van der Waals surface area (Å²) in [7, 11) is 0. The number of ether oxygens (including phenoxy) is 1. The molecule has 0 aliphatic rings. The van der Waals surface area contributed by atoms with Gasteiger partial charge in [-0.3, -0.25) is 0 Å². The number of anilines is 4. The van der Waals surface area contributed by atoms with Gasteiger partial charge in [0.05, 0.1) is 11.6 Å². The van der Waals surface area contributed by atoms with Crippen molar-refractivity contribution < 1.29 is 17.9 Å². The van der Waals surface area contributed by atoms with Gasteiger partial charge in [0.2, 0.25) is 5.95 Å². The Kier molecular flexibility index (Phi) is 6.02. The molecule has 0 spiro atoms. The average Bonchev–Trinajstić information content (AvgIpc) is 2.67. The number of nitrogens with zero attached hydrogens (tertiary/aromatic N) is 3. The molecule has 2 N–H and O–H groups in total. The zero-order valence-electron chi connectivity index (χ0n) is 17.1. The minimum Gasteiger partial charge on any atom is -0.488 e. The van der Waals surface area contributed by atoms with Gasteiger partial charge in [0.1, 0.15) is 22.7 Å². The first-order chi connectivity index (χ1) is 14.5. The molecule has 0 aliphatic heterocycles. The number of rotatable bonds is 5. The number of nitriles is 1. The molecule has 9 heteroatoms. The summed E-state index contributed by atoms with van der Waals surface area (Å²) in [6.45, 7) is 5.63. The molecule has 0 fully saturated rings. The van der Waals surface area contributed by atoms with E-state index < -0.39 is 23.2 Å². The Bertz CT molecular complexity index is 1100. The molecular weight excluding hydrogens is 407 g/mol. The van der Waals surface area contributed by atoms with Crippen LogP contribution in [0.5, 0.6) is 5.75 Å². The SMILES string of the molecule is CC(C)(C)Oc1cccc(Nc2nc(Nc3ccc(C#N)cc3)ncc2C(F)(F)F)c1. The van der Waals surface area contributed by atoms with Crippen LogP contribution in [0.4, 0.5) is 36.3 Å². The summed E-state index contributed by atoms with van der Waals surface area (Å²) in [4.78, 5) is 7.80. The fraction of sp³-hybridized carbons (Fsp3) is 0.227. The lowest BCUT2D eigenvalue weighted by atomic mass is 10.2. The van der Waals surface area contributed by atoms with Crippen molar-refractivity contribution in [3.63, 3.8) is 0 Å². The van der Waals surface area contributed by atoms with Crippen LogP contribution in [-0.4, -0.2) is 15.6 Å². The molecule has 0 saturated heterocycles. The summed E-state index contributed by atoms with van der Waals surface area (Å²) in [6, 6.07) is 15.0. The van der Waals surface area contributed by atoms with E-state index in [0.717, 1.165) is 6.20 Å². The van der Waals surface area contributed by atoms with Crippen LogP contribution in [0.25, 0.3) is 0 Å². The van der Waals surface area contributed by atoms with Crippen molar-refractivity contribution in [1.29, 1.82) is 5.26 Å². The normalized spacial score (nSPS) is 11.5. The highest BCUT2D eigenvalue weighted by Crippen LogP contribution is 2.36. The van der Waals surface area contributed by atoms with E-state index >= 15 is 0 Å². The van der Waals surface area contributed by atoms with E-state index in [-0.39, 0.29) is 5.95 Å². The van der Waals surface area contributed by atoms with E-state index in [1.807, 2.05) is 26.8 Å². The first-order valence-corrected chi connectivity index (χ1v) is 9.31. The van der Waals surface area contributed by atoms with Crippen molar-refractivity contribution in [3.05, 3.63) is 65.9 Å². The van der Waals surface area contributed by atoms with E-state index in [2.05, 4.69) is 20.6 Å². The van der Waals surface area contributed by atoms with Crippen molar-refractivity contribution >= 4 is 23.1 Å². The number of benzene rings is 2. The maximum atomic E-state index is 13.5. The Labute approximate surface area is 177 Å². The summed E-state index contributed by atoms with van der Waals surface area (Å²) in [6.07, 6.45) is -3.92. The lowest BCUT2D eigenvalue weighted by Gasteiger charge is -2.22. The second-order valence-electron chi connectivity index (χ2n) is 7.64. The molecule has 3 rings (SSSR count). The van der Waals surface area contributed by atoms with Crippen LogP contribution >= 0.6 is 0 Å². The van der Waals surface area contributed by atoms with E-state index in [1.165, 1.54) is 0 Å². The third kappa shape index (κ3) is 6.09. The van der Waals surface area contributed by atoms with Gasteiger partial charge in [-0.15, -0.1) is 0 Å². The first kappa shape index (κ1) is 21.9. The van der Waals surface area contributed by atoms with Crippen LogP contribution in [-0.2, 0) is 6.18 Å². The van der Waals surface area contributed by atoms with E-state index in [9.17, 15) is 13.2 Å². The number of aromatic nitrogens is 2. The van der Waals surface area contributed by atoms with E-state index in [1.54, 1.807) is 48.5 Å². The molecule has 1 aromatic heterocycles. The molecule has 0 radical (unpaired) electrons. The van der Waals surface area contributed by atoms with Crippen LogP contribution in [0.3, 0.4) is 0 Å². The van der Waals surface area contributed by atoms with Crippen LogP contribution in [0.15, 0.2) is 54.7 Å². The van der Waals surface area contributed by atoms with E-state index in [0.29, 0.717) is 22.7 Å². The van der Waals surface area contributed by atoms with Gasteiger partial charge in [-0.1, -0.05) is 6.07 Å². The van der Waals surface area contributed by atoms with E-state index in [4.69, 9.17) is 10.00 Å². The predicted molar refractivity (Wildman–Crippen MR) is 112 cm³/mol. The van der Waals surface area contributed by atoms with Crippen LogP contribution in [0, 0.1) is 11.3 Å². The summed E-state index contributed by atoms with van der Waals surface area (Å²) < 4.78 is 46.3. The Hall–Kier alpha value is -3.80. The van der Waals surface area contributed by atoms with Gasteiger partial charge in [0, 0.05) is 23.6 Å². The molecule has 0 unspecified atom stereocenters. The zero-order valence-corrected chi connectivity index (χ0v) is 17.1. The quantitative estimate of drug-likeness (QED) is 0.517. The maximum Gasteiger partial charge on any atom is 0.421 e. The summed E-state index contributed by atoms with van der Waals surface area (Å²) in [5, 5.41) is 14.4. The summed E-state index contributed by atoms with van der Waals surface area (Å²) in [5.41, 5.74) is -0.0813. The van der Waals surface area contributed by atoms with Crippen molar-refractivity contribution in [2.45, 2.75) is 32.5 Å². The molecular formula is C22H20F3N5O. The summed E-state index contributed by atoms with van der Waals surface area (Å²) >= 11 is 0. The molecule has 0 saturated carbocycles. The van der Waals surface area contributed by atoms with Crippen molar-refractivity contribution in [2.75, 3.05) is 10.6 Å². The fourth-order valence-corrected chi connectivity index (χ4v) is 2.63. The Morgan fingerprint density at radius 3 is 2.29 bits per heavy atom. The molecule has 31 heavy (non-hydrogen) atoms. The van der Waals surface area contributed by atoms with Gasteiger partial charge in [-0.05, 0) is 57.2 Å². The molecule has 6 nitrogen and oxygen atoms in total. The molecule has 3 aromatic rings. The third-order valence-electron chi connectivity index (χ3n) is 3.89. The number of halogens is 3. The smallest absolute Gasteiger partial charge is 0.421 e. The van der Waals surface area contributed by atoms with Gasteiger partial charge < -0.3 is 15.4 Å². The monoisotopic (exact) mass is 427 g/mol. The molecule has 0 amide bonds. The number of alkyl halides is 3. The largest absolute Gasteiger partial charge is 0.488 e. The summed E-state index contributed by atoms with van der Waals surface area (Å²) in [5.74, 6) is 0.0879. The highest BCUT2D eigenvalue weighted by Gasteiger charge is 2.35. The average molecular weight is 427 g/mol. The zero-order chi connectivity index (χ0) is 22.6. The Balaban J connectivity index is 1.91. The standard InChI is InChI=1S/C22H20F3N5O/c1-21(2,3)31-17-6-4-5-16(11-17)28-19-18(22(23,24)25)13-27-20(30-19)29-15-9-7-14(12-26)8-10-15/h4-11,13H,1-3H3,(H2,27,28,29,30). The Morgan fingerprint density at radius 2 is 1.68 bits per heavy atom. The predicted octanol–water partition coefficient (Wildman–Crippen LogP) is 6.03. The molecule has 0 aliphatic carbocycles. The fourth-order valence-electron chi connectivity index (χ4n) is 2.63. The van der Waals surface area contributed by atoms with Crippen molar-refractivity contribution in [3.8, 4) is 11.8 Å². The maximum absolute atomic E-state index is 13.5. The molecule has 0 atom stereocenters. The highest BCUT2D eigenvalue weighted by molar-refractivity contribution is 5.64. The molecule has 160 valence electrons. The number of hydrogen-bond acceptors (Lipinski definition) is 6. The van der Waals surface area contributed by atoms with Crippen LogP contribution in [0.1, 0.15) is 31.9 Å². The lowest BCUT2D eigenvalue weighted by Crippen LogP contribution is -2.22. The molecule has 1 heterocycles. The number of nitrogens with one attached hydrogen (secondary N) is 2. The second-order valence-corrected chi connectivity index (χ2v) is 7.64. The highest BCUT2D eigenvalue weighted by atomic mass is 19.4. The molecule has 2 aromatic carbocycles. The van der Waals surface area contributed by atoms with Crippen molar-refractivity contribution in [2.24, 2.45) is 0 Å². The van der Waals surface area contributed by atoms with Gasteiger partial charge in [-0.2, -0.15) is 23.4 Å². The lowest BCUT2D eigenvalue weighted by molar-refractivity contribution is -0.137. The number of hydrogen-bond donors (Lipinski definition) is 2. The van der Waals surface area contributed by atoms with Gasteiger partial charge in [0.25, 0.3) is 0 Å². The minimum absolute atomic E-state index is 0.0256. The van der Waals surface area contributed by atoms with Crippen LogP contribution in [0.2, 0.25) is 0 Å². The van der Waals surface area contributed by atoms with Gasteiger partial charge in [-0.25, -0.2) is 4.98 Å². The van der Waals surface area contributed by atoms with Crippen LogP contribution < -0.4 is 15.4 Å². The van der Waals surface area contributed by atoms with Gasteiger partial charge in [0.15, 0.2) is 0 Å². The third-order valence-corrected chi connectivity index (χ3v) is 3.89. The van der Waals surface area contributed by atoms with Gasteiger partial charge >= 0.3 is 6.18 Å². The molecule has 0 bridgehead atoms. The van der Waals surface area contributed by atoms with Crippen molar-refractivity contribution in [1.82, 2.24) is 9.97 Å². The Morgan fingerprint density at radius 1 is 0.968 bits per heavy atom. The minimum atomic E-state index is -4.64. The topological polar surface area (TPSA) is 82.9 Å². The first-order valence-electron chi connectivity index (χ1n) is 9.31. The second kappa shape index (κ2) is 8.52.